The zero-order valence-electron chi connectivity index (χ0n) is 13.8. The van der Waals surface area contributed by atoms with Crippen LogP contribution in [0, 0.1) is 11.6 Å². The van der Waals surface area contributed by atoms with Crippen LogP contribution in [-0.2, 0) is 6.42 Å². The van der Waals surface area contributed by atoms with Crippen molar-refractivity contribution in [1.29, 1.82) is 0 Å². The standard InChI is InChI=1S/C18H12ClF2N5O/c19-12-9-23-18(27-8-6-11-3-1-2-7-22-11)25-17(12)26-10-24-16-14(26)5-4-13(20)15(16)21/h1-5,7,9-10H,6,8H2. The van der Waals surface area contributed by atoms with Crippen molar-refractivity contribution in [1.82, 2.24) is 24.5 Å². The Labute approximate surface area is 157 Å². The van der Waals surface area contributed by atoms with Gasteiger partial charge in [-0.15, -0.1) is 0 Å². The summed E-state index contributed by atoms with van der Waals surface area (Å²) in [5, 5.41) is 0.219. The number of aromatic nitrogens is 5. The summed E-state index contributed by atoms with van der Waals surface area (Å²) in [6.07, 6.45) is 4.99. The summed E-state index contributed by atoms with van der Waals surface area (Å²) in [7, 11) is 0. The highest BCUT2D eigenvalue weighted by Crippen LogP contribution is 2.26. The number of halogens is 3. The maximum Gasteiger partial charge on any atom is 0.318 e. The molecule has 0 amide bonds. The predicted octanol–water partition coefficient (Wildman–Crippen LogP) is 3.76. The third kappa shape index (κ3) is 3.43. The fourth-order valence-corrected chi connectivity index (χ4v) is 2.75. The minimum atomic E-state index is -1.02. The molecule has 0 aliphatic carbocycles. The van der Waals surface area contributed by atoms with Gasteiger partial charge >= 0.3 is 6.01 Å². The van der Waals surface area contributed by atoms with E-state index in [0.717, 1.165) is 11.8 Å². The number of fused-ring (bicyclic) bond motifs is 1. The zero-order valence-corrected chi connectivity index (χ0v) is 14.6. The van der Waals surface area contributed by atoms with Gasteiger partial charge in [0.05, 0.1) is 18.3 Å². The Hall–Kier alpha value is -3.13. The van der Waals surface area contributed by atoms with Crippen molar-refractivity contribution >= 4 is 22.6 Å². The van der Waals surface area contributed by atoms with Crippen LogP contribution in [0.1, 0.15) is 5.69 Å². The minimum absolute atomic E-state index is 0.106. The Kier molecular flexibility index (Phi) is 4.64. The molecule has 0 N–H and O–H groups in total. The monoisotopic (exact) mass is 387 g/mol. The second-order valence-corrected chi connectivity index (χ2v) is 5.99. The highest BCUT2D eigenvalue weighted by Gasteiger charge is 2.16. The van der Waals surface area contributed by atoms with E-state index in [9.17, 15) is 8.78 Å². The summed E-state index contributed by atoms with van der Waals surface area (Å²) in [5.41, 5.74) is 1.10. The third-order valence-corrected chi connectivity index (χ3v) is 4.12. The van der Waals surface area contributed by atoms with E-state index >= 15 is 0 Å². The number of hydrogen-bond donors (Lipinski definition) is 0. The fourth-order valence-electron chi connectivity index (χ4n) is 2.57. The predicted molar refractivity (Wildman–Crippen MR) is 95.0 cm³/mol. The summed E-state index contributed by atoms with van der Waals surface area (Å²) in [4.78, 5) is 16.4. The summed E-state index contributed by atoms with van der Waals surface area (Å²) >= 11 is 6.18. The van der Waals surface area contributed by atoms with Crippen LogP contribution in [0.25, 0.3) is 16.9 Å². The average Bonchev–Trinajstić information content (AvgIpc) is 3.11. The van der Waals surface area contributed by atoms with Crippen LogP contribution >= 0.6 is 11.6 Å². The van der Waals surface area contributed by atoms with E-state index in [4.69, 9.17) is 16.3 Å². The molecule has 0 unspecified atom stereocenters. The summed E-state index contributed by atoms with van der Waals surface area (Å²) in [6.45, 7) is 0.322. The molecule has 1 aromatic carbocycles. The number of pyridine rings is 1. The molecule has 0 bridgehead atoms. The largest absolute Gasteiger partial charge is 0.463 e. The molecule has 6 nitrogen and oxygen atoms in total. The van der Waals surface area contributed by atoms with Gasteiger partial charge in [-0.2, -0.15) is 4.98 Å². The molecular formula is C18H12ClF2N5O. The Morgan fingerprint density at radius 2 is 1.96 bits per heavy atom. The number of benzene rings is 1. The molecule has 0 fully saturated rings. The lowest BCUT2D eigenvalue weighted by Crippen LogP contribution is -2.07. The van der Waals surface area contributed by atoms with Crippen LogP contribution in [0.15, 0.2) is 49.1 Å². The molecule has 0 spiro atoms. The van der Waals surface area contributed by atoms with Crippen LogP contribution in [0.4, 0.5) is 8.78 Å². The first kappa shape index (κ1) is 17.3. The highest BCUT2D eigenvalue weighted by molar-refractivity contribution is 6.32. The lowest BCUT2D eigenvalue weighted by atomic mass is 10.3. The molecule has 136 valence electrons. The number of imidazole rings is 1. The van der Waals surface area contributed by atoms with E-state index in [1.54, 1.807) is 6.20 Å². The maximum absolute atomic E-state index is 13.9. The molecule has 3 heterocycles. The van der Waals surface area contributed by atoms with E-state index in [-0.39, 0.29) is 22.4 Å². The lowest BCUT2D eigenvalue weighted by Gasteiger charge is -2.09. The first-order valence-corrected chi connectivity index (χ1v) is 8.38. The molecule has 0 atom stereocenters. The molecule has 0 aliphatic heterocycles. The molecule has 4 rings (SSSR count). The molecule has 0 saturated heterocycles. The van der Waals surface area contributed by atoms with Crippen LogP contribution < -0.4 is 4.74 Å². The van der Waals surface area contributed by atoms with Crippen molar-refractivity contribution in [3.8, 4) is 11.8 Å². The summed E-state index contributed by atoms with van der Waals surface area (Å²) in [5.74, 6) is -1.74. The summed E-state index contributed by atoms with van der Waals surface area (Å²) in [6, 6.07) is 8.16. The van der Waals surface area contributed by atoms with Crippen LogP contribution in [0.5, 0.6) is 6.01 Å². The van der Waals surface area contributed by atoms with Crippen LogP contribution in [0.3, 0.4) is 0 Å². The van der Waals surface area contributed by atoms with Gasteiger partial charge in [0.1, 0.15) is 16.9 Å². The molecule has 0 radical (unpaired) electrons. The fraction of sp³-hybridized carbons (Fsp3) is 0.111. The van der Waals surface area contributed by atoms with Crippen molar-refractivity contribution in [2.45, 2.75) is 6.42 Å². The van der Waals surface area contributed by atoms with Crippen LogP contribution in [-0.4, -0.2) is 31.1 Å². The Bertz CT molecular complexity index is 1100. The van der Waals surface area contributed by atoms with Gasteiger partial charge in [0.2, 0.25) is 0 Å². The lowest BCUT2D eigenvalue weighted by molar-refractivity contribution is 0.294. The molecular weight excluding hydrogens is 376 g/mol. The average molecular weight is 388 g/mol. The first-order valence-electron chi connectivity index (χ1n) is 8.00. The van der Waals surface area contributed by atoms with Crippen molar-refractivity contribution in [2.75, 3.05) is 6.61 Å². The number of hydrogen-bond acceptors (Lipinski definition) is 5. The number of nitrogens with zero attached hydrogens (tertiary/aromatic N) is 5. The van der Waals surface area contributed by atoms with Crippen molar-refractivity contribution in [3.05, 3.63) is 71.4 Å². The van der Waals surface area contributed by atoms with Crippen LogP contribution in [0.2, 0.25) is 5.02 Å². The molecule has 3 aromatic heterocycles. The Morgan fingerprint density at radius 3 is 2.78 bits per heavy atom. The molecule has 9 heteroatoms. The maximum atomic E-state index is 13.9. The quantitative estimate of drug-likeness (QED) is 0.521. The SMILES string of the molecule is Fc1ccc2c(ncn2-c2nc(OCCc3ccccn3)ncc2Cl)c1F. The molecule has 0 aliphatic rings. The van der Waals surface area contributed by atoms with Crippen molar-refractivity contribution in [3.63, 3.8) is 0 Å². The Balaban J connectivity index is 1.60. The van der Waals surface area contributed by atoms with E-state index < -0.39 is 11.6 Å². The third-order valence-electron chi connectivity index (χ3n) is 3.86. The van der Waals surface area contributed by atoms with Crippen molar-refractivity contribution in [2.24, 2.45) is 0 Å². The van der Waals surface area contributed by atoms with Gasteiger partial charge in [0, 0.05) is 18.3 Å². The van der Waals surface area contributed by atoms with Gasteiger partial charge in [-0.25, -0.2) is 18.7 Å². The topological polar surface area (TPSA) is 65.7 Å². The van der Waals surface area contributed by atoms with Gasteiger partial charge in [0.15, 0.2) is 17.5 Å². The second kappa shape index (κ2) is 7.24. The van der Waals surface area contributed by atoms with Gasteiger partial charge < -0.3 is 4.74 Å². The minimum Gasteiger partial charge on any atom is -0.463 e. The van der Waals surface area contributed by atoms with E-state index in [2.05, 4.69) is 19.9 Å². The molecule has 4 aromatic rings. The first-order chi connectivity index (χ1) is 13.1. The zero-order chi connectivity index (χ0) is 18.8. The highest BCUT2D eigenvalue weighted by atomic mass is 35.5. The van der Waals surface area contributed by atoms with Gasteiger partial charge in [-0.1, -0.05) is 17.7 Å². The smallest absolute Gasteiger partial charge is 0.318 e. The second-order valence-electron chi connectivity index (χ2n) is 5.59. The van der Waals surface area contributed by atoms with Gasteiger partial charge in [0.25, 0.3) is 0 Å². The van der Waals surface area contributed by atoms with Gasteiger partial charge in [-0.05, 0) is 24.3 Å². The van der Waals surface area contributed by atoms with E-state index in [1.807, 2.05) is 18.2 Å². The number of ether oxygens (including phenoxy) is 1. The van der Waals surface area contributed by atoms with E-state index in [0.29, 0.717) is 18.5 Å². The number of rotatable bonds is 5. The Morgan fingerprint density at radius 1 is 1.07 bits per heavy atom. The van der Waals surface area contributed by atoms with E-state index in [1.165, 1.54) is 23.2 Å². The molecule has 0 saturated carbocycles. The summed E-state index contributed by atoms with van der Waals surface area (Å²) < 4.78 is 34.3. The normalized spacial score (nSPS) is 11.1. The van der Waals surface area contributed by atoms with Crippen molar-refractivity contribution < 1.29 is 13.5 Å². The molecule has 27 heavy (non-hydrogen) atoms. The van der Waals surface area contributed by atoms with Gasteiger partial charge in [-0.3, -0.25) is 9.55 Å².